The summed E-state index contributed by atoms with van der Waals surface area (Å²) in [6.07, 6.45) is 2.05. The number of hydrogen-bond donors (Lipinski definition) is 0. The third kappa shape index (κ3) is 6.21. The van der Waals surface area contributed by atoms with Crippen molar-refractivity contribution in [1.29, 1.82) is 0 Å². The van der Waals surface area contributed by atoms with E-state index in [1.807, 2.05) is 69.3 Å². The highest BCUT2D eigenvalue weighted by Crippen LogP contribution is 2.29. The van der Waals surface area contributed by atoms with E-state index in [2.05, 4.69) is 31.9 Å². The predicted octanol–water partition coefficient (Wildman–Crippen LogP) is 6.58. The standard InChI is InChI=1S/C19H20Br2O3/c1-13(2)23-15-4-6-16(7-5-15)24-18-9-8-17(12-14(18)3)22-11-10-19(20)21/h4-10,12-13H,11H2,1-3H3. The maximum absolute atomic E-state index is 5.93. The van der Waals surface area contributed by atoms with E-state index in [0.717, 1.165) is 32.0 Å². The Balaban J connectivity index is 2.00. The van der Waals surface area contributed by atoms with E-state index < -0.39 is 0 Å². The van der Waals surface area contributed by atoms with Gasteiger partial charge in [-0.05, 0) is 107 Å². The monoisotopic (exact) mass is 454 g/mol. The van der Waals surface area contributed by atoms with Crippen molar-refractivity contribution in [3.63, 3.8) is 0 Å². The minimum absolute atomic E-state index is 0.159. The highest BCUT2D eigenvalue weighted by Gasteiger charge is 2.05. The summed E-state index contributed by atoms with van der Waals surface area (Å²) >= 11 is 6.60. The SMILES string of the molecule is Cc1cc(OCC=C(Br)Br)ccc1Oc1ccc(OC(C)C)cc1. The molecule has 128 valence electrons. The maximum Gasteiger partial charge on any atom is 0.130 e. The van der Waals surface area contributed by atoms with E-state index in [1.54, 1.807) is 0 Å². The highest BCUT2D eigenvalue weighted by molar-refractivity contribution is 9.28. The fraction of sp³-hybridized carbons (Fsp3) is 0.263. The van der Waals surface area contributed by atoms with Gasteiger partial charge in [-0.3, -0.25) is 0 Å². The van der Waals surface area contributed by atoms with Gasteiger partial charge in [0, 0.05) is 0 Å². The van der Waals surface area contributed by atoms with Crippen LogP contribution in [0.3, 0.4) is 0 Å². The van der Waals surface area contributed by atoms with E-state index in [4.69, 9.17) is 14.2 Å². The van der Waals surface area contributed by atoms with Gasteiger partial charge in [0.1, 0.15) is 29.6 Å². The second-order valence-electron chi connectivity index (χ2n) is 5.47. The number of hydrogen-bond acceptors (Lipinski definition) is 3. The molecule has 2 aromatic rings. The number of ether oxygens (including phenoxy) is 3. The molecule has 0 unspecified atom stereocenters. The molecule has 2 aromatic carbocycles. The number of aryl methyl sites for hydroxylation is 1. The zero-order chi connectivity index (χ0) is 17.5. The highest BCUT2D eigenvalue weighted by atomic mass is 79.9. The van der Waals surface area contributed by atoms with E-state index in [9.17, 15) is 0 Å². The van der Waals surface area contributed by atoms with Gasteiger partial charge in [0.2, 0.25) is 0 Å². The predicted molar refractivity (Wildman–Crippen MR) is 105 cm³/mol. The summed E-state index contributed by atoms with van der Waals surface area (Å²) in [6.45, 7) is 6.49. The van der Waals surface area contributed by atoms with Crippen LogP contribution in [0.25, 0.3) is 0 Å². The zero-order valence-corrected chi connectivity index (χ0v) is 17.1. The maximum atomic E-state index is 5.93. The Labute approximate surface area is 159 Å². The van der Waals surface area contributed by atoms with E-state index in [0.29, 0.717) is 6.61 Å². The Hall–Kier alpha value is -1.46. The summed E-state index contributed by atoms with van der Waals surface area (Å²) in [6, 6.07) is 13.4. The molecule has 0 fully saturated rings. The van der Waals surface area contributed by atoms with Crippen molar-refractivity contribution in [1.82, 2.24) is 0 Å². The van der Waals surface area contributed by atoms with Crippen LogP contribution in [0.1, 0.15) is 19.4 Å². The van der Waals surface area contributed by atoms with Crippen LogP contribution in [0.2, 0.25) is 0 Å². The van der Waals surface area contributed by atoms with Crippen LogP contribution in [-0.4, -0.2) is 12.7 Å². The van der Waals surface area contributed by atoms with Crippen LogP contribution in [0.15, 0.2) is 51.9 Å². The molecule has 0 aliphatic heterocycles. The molecule has 5 heteroatoms. The molecule has 0 N–H and O–H groups in total. The number of rotatable bonds is 7. The summed E-state index contributed by atoms with van der Waals surface area (Å²) in [5.74, 6) is 3.22. The average molecular weight is 456 g/mol. The molecule has 0 heterocycles. The second-order valence-corrected chi connectivity index (χ2v) is 8.24. The Kier molecular flexibility index (Phi) is 7.18. The quantitative estimate of drug-likeness (QED) is 0.471. The van der Waals surface area contributed by atoms with Gasteiger partial charge in [0.15, 0.2) is 0 Å². The Bertz CT molecular complexity index is 690. The van der Waals surface area contributed by atoms with Crippen molar-refractivity contribution >= 4 is 31.9 Å². The number of benzene rings is 2. The molecule has 0 radical (unpaired) electrons. The molecule has 0 aromatic heterocycles. The molecule has 0 saturated carbocycles. The number of halogens is 2. The van der Waals surface area contributed by atoms with Crippen LogP contribution in [0, 0.1) is 6.92 Å². The Morgan fingerprint density at radius 1 is 1.00 bits per heavy atom. The van der Waals surface area contributed by atoms with Gasteiger partial charge < -0.3 is 14.2 Å². The van der Waals surface area contributed by atoms with Gasteiger partial charge in [-0.2, -0.15) is 0 Å². The van der Waals surface area contributed by atoms with Crippen molar-refractivity contribution in [2.75, 3.05) is 6.61 Å². The topological polar surface area (TPSA) is 27.7 Å². The molecule has 0 bridgehead atoms. The second kappa shape index (κ2) is 9.14. The molecule has 0 saturated heterocycles. The average Bonchev–Trinajstić information content (AvgIpc) is 2.51. The summed E-state index contributed by atoms with van der Waals surface area (Å²) in [5, 5.41) is 0. The van der Waals surface area contributed by atoms with Crippen molar-refractivity contribution in [2.45, 2.75) is 26.9 Å². The van der Waals surface area contributed by atoms with Crippen LogP contribution in [0.4, 0.5) is 0 Å². The minimum atomic E-state index is 0.159. The first kappa shape index (κ1) is 18.9. The summed E-state index contributed by atoms with van der Waals surface area (Å²) in [5.41, 5.74) is 1.01. The lowest BCUT2D eigenvalue weighted by Crippen LogP contribution is -2.05. The van der Waals surface area contributed by atoms with E-state index >= 15 is 0 Å². The van der Waals surface area contributed by atoms with Crippen LogP contribution in [-0.2, 0) is 0 Å². The van der Waals surface area contributed by atoms with Crippen molar-refractivity contribution in [2.24, 2.45) is 0 Å². The summed E-state index contributed by atoms with van der Waals surface area (Å²) < 4.78 is 18.1. The molecule has 0 amide bonds. The molecular weight excluding hydrogens is 436 g/mol. The summed E-state index contributed by atoms with van der Waals surface area (Å²) in [7, 11) is 0. The first-order valence-corrected chi connectivity index (χ1v) is 9.22. The Morgan fingerprint density at radius 3 is 2.21 bits per heavy atom. The fourth-order valence-electron chi connectivity index (χ4n) is 2.01. The molecule has 0 spiro atoms. The molecule has 0 aliphatic carbocycles. The molecule has 0 aliphatic rings. The smallest absolute Gasteiger partial charge is 0.130 e. The van der Waals surface area contributed by atoms with Crippen molar-refractivity contribution < 1.29 is 14.2 Å². The lowest BCUT2D eigenvalue weighted by Gasteiger charge is -2.12. The van der Waals surface area contributed by atoms with Crippen LogP contribution < -0.4 is 14.2 Å². The largest absolute Gasteiger partial charge is 0.491 e. The summed E-state index contributed by atoms with van der Waals surface area (Å²) in [4.78, 5) is 0. The molecular formula is C19H20Br2O3. The third-order valence-electron chi connectivity index (χ3n) is 3.06. The Morgan fingerprint density at radius 2 is 1.62 bits per heavy atom. The van der Waals surface area contributed by atoms with Crippen molar-refractivity contribution in [3.05, 3.63) is 57.5 Å². The van der Waals surface area contributed by atoms with Gasteiger partial charge in [-0.15, -0.1) is 0 Å². The lowest BCUT2D eigenvalue weighted by molar-refractivity contribution is 0.242. The first-order valence-electron chi connectivity index (χ1n) is 7.63. The fourth-order valence-corrected chi connectivity index (χ4v) is 2.28. The molecule has 2 rings (SSSR count). The van der Waals surface area contributed by atoms with Crippen LogP contribution in [0.5, 0.6) is 23.0 Å². The lowest BCUT2D eigenvalue weighted by atomic mass is 10.2. The van der Waals surface area contributed by atoms with E-state index in [1.165, 1.54) is 0 Å². The minimum Gasteiger partial charge on any atom is -0.491 e. The van der Waals surface area contributed by atoms with Gasteiger partial charge in [-0.25, -0.2) is 0 Å². The first-order chi connectivity index (χ1) is 11.4. The third-order valence-corrected chi connectivity index (χ3v) is 3.70. The molecule has 0 atom stereocenters. The molecule has 24 heavy (non-hydrogen) atoms. The van der Waals surface area contributed by atoms with Crippen LogP contribution >= 0.6 is 31.9 Å². The van der Waals surface area contributed by atoms with Crippen molar-refractivity contribution in [3.8, 4) is 23.0 Å². The zero-order valence-electron chi connectivity index (χ0n) is 13.9. The van der Waals surface area contributed by atoms with Gasteiger partial charge >= 0.3 is 0 Å². The van der Waals surface area contributed by atoms with Gasteiger partial charge in [0.25, 0.3) is 0 Å². The normalized spacial score (nSPS) is 10.4. The van der Waals surface area contributed by atoms with Gasteiger partial charge in [-0.1, -0.05) is 0 Å². The molecule has 3 nitrogen and oxygen atoms in total. The van der Waals surface area contributed by atoms with Gasteiger partial charge in [0.05, 0.1) is 9.50 Å². The van der Waals surface area contributed by atoms with E-state index in [-0.39, 0.29) is 6.10 Å².